The number of benzene rings is 1. The summed E-state index contributed by atoms with van der Waals surface area (Å²) in [5.41, 5.74) is 5.58. The lowest BCUT2D eigenvalue weighted by Gasteiger charge is -2.07. The smallest absolute Gasteiger partial charge is 0.0713 e. The Morgan fingerprint density at radius 3 is 2.56 bits per heavy atom. The highest BCUT2D eigenvalue weighted by Crippen LogP contribution is 2.23. The Balaban J connectivity index is 2.62. The van der Waals surface area contributed by atoms with Gasteiger partial charge in [-0.1, -0.05) is 36.9 Å². The average Bonchev–Trinajstić information content (AvgIpc) is 2.27. The van der Waals surface area contributed by atoms with E-state index in [1.165, 1.54) is 5.56 Å². The molecule has 0 saturated heterocycles. The van der Waals surface area contributed by atoms with Gasteiger partial charge in [-0.3, -0.25) is 4.98 Å². The molecule has 2 aromatic rings. The van der Waals surface area contributed by atoms with Gasteiger partial charge in [0.1, 0.15) is 0 Å². The molecule has 1 heterocycles. The molecule has 0 saturated carbocycles. The van der Waals surface area contributed by atoms with Crippen LogP contribution in [0.15, 0.2) is 43.0 Å². The first-order valence-electron chi connectivity index (χ1n) is 5.38. The van der Waals surface area contributed by atoms with Crippen molar-refractivity contribution in [3.05, 3.63) is 59.8 Å². The van der Waals surface area contributed by atoms with Crippen LogP contribution in [0.1, 0.15) is 16.8 Å². The molecule has 0 spiro atoms. The Kier molecular flexibility index (Phi) is 2.86. The van der Waals surface area contributed by atoms with Gasteiger partial charge in [-0.25, -0.2) is 0 Å². The number of aromatic nitrogens is 1. The number of rotatable bonds is 2. The van der Waals surface area contributed by atoms with Crippen LogP contribution in [-0.2, 0) is 0 Å². The minimum Gasteiger partial charge on any atom is -0.253 e. The summed E-state index contributed by atoms with van der Waals surface area (Å²) >= 11 is 0. The van der Waals surface area contributed by atoms with Gasteiger partial charge in [0.2, 0.25) is 0 Å². The molecule has 0 aliphatic rings. The number of hydrogen-bond acceptors (Lipinski definition) is 1. The third-order valence-corrected chi connectivity index (χ3v) is 2.55. The number of hydrogen-bond donors (Lipinski definition) is 0. The lowest BCUT2D eigenvalue weighted by Crippen LogP contribution is -1.90. The molecule has 0 radical (unpaired) electrons. The SMILES string of the molecule is C=Cc1ccccc1-c1cc(C)cc(C)n1. The molecule has 0 bridgehead atoms. The maximum absolute atomic E-state index is 4.57. The predicted octanol–water partition coefficient (Wildman–Crippen LogP) is 4.01. The summed E-state index contributed by atoms with van der Waals surface area (Å²) in [7, 11) is 0. The summed E-state index contributed by atoms with van der Waals surface area (Å²) in [6, 6.07) is 12.4. The predicted molar refractivity (Wildman–Crippen MR) is 69.2 cm³/mol. The summed E-state index contributed by atoms with van der Waals surface area (Å²) in [5.74, 6) is 0. The molecule has 80 valence electrons. The van der Waals surface area contributed by atoms with Crippen molar-refractivity contribution in [2.45, 2.75) is 13.8 Å². The van der Waals surface area contributed by atoms with Crippen molar-refractivity contribution < 1.29 is 0 Å². The van der Waals surface area contributed by atoms with Gasteiger partial charge in [-0.2, -0.15) is 0 Å². The van der Waals surface area contributed by atoms with Crippen LogP contribution >= 0.6 is 0 Å². The molecule has 0 amide bonds. The van der Waals surface area contributed by atoms with Gasteiger partial charge in [0.15, 0.2) is 0 Å². The maximum Gasteiger partial charge on any atom is 0.0713 e. The van der Waals surface area contributed by atoms with Gasteiger partial charge >= 0.3 is 0 Å². The zero-order valence-corrected chi connectivity index (χ0v) is 9.70. The van der Waals surface area contributed by atoms with Crippen molar-refractivity contribution in [1.82, 2.24) is 4.98 Å². The summed E-state index contributed by atoms with van der Waals surface area (Å²) in [6.07, 6.45) is 1.87. The topological polar surface area (TPSA) is 12.9 Å². The van der Waals surface area contributed by atoms with Crippen molar-refractivity contribution in [3.8, 4) is 11.3 Å². The van der Waals surface area contributed by atoms with Gasteiger partial charge in [-0.15, -0.1) is 0 Å². The van der Waals surface area contributed by atoms with Crippen molar-refractivity contribution in [2.75, 3.05) is 0 Å². The van der Waals surface area contributed by atoms with E-state index in [0.29, 0.717) is 0 Å². The normalized spacial score (nSPS) is 10.1. The number of nitrogens with zero attached hydrogens (tertiary/aromatic N) is 1. The fraction of sp³-hybridized carbons (Fsp3) is 0.133. The lowest BCUT2D eigenvalue weighted by atomic mass is 10.0. The second-order valence-corrected chi connectivity index (χ2v) is 3.96. The fourth-order valence-corrected chi connectivity index (χ4v) is 1.89. The fourth-order valence-electron chi connectivity index (χ4n) is 1.89. The Labute approximate surface area is 96.5 Å². The Morgan fingerprint density at radius 1 is 1.12 bits per heavy atom. The molecule has 0 atom stereocenters. The Bertz CT molecular complexity index is 506. The van der Waals surface area contributed by atoms with Crippen LogP contribution in [0, 0.1) is 13.8 Å². The van der Waals surface area contributed by atoms with E-state index in [2.05, 4.69) is 42.8 Å². The van der Waals surface area contributed by atoms with Crippen molar-refractivity contribution >= 4 is 6.08 Å². The zero-order valence-electron chi connectivity index (χ0n) is 9.70. The van der Waals surface area contributed by atoms with Crippen LogP contribution in [0.25, 0.3) is 17.3 Å². The zero-order chi connectivity index (χ0) is 11.5. The first-order chi connectivity index (χ1) is 7.70. The monoisotopic (exact) mass is 209 g/mol. The molecule has 1 heteroatoms. The lowest BCUT2D eigenvalue weighted by molar-refractivity contribution is 1.18. The van der Waals surface area contributed by atoms with Crippen molar-refractivity contribution in [2.24, 2.45) is 0 Å². The van der Waals surface area contributed by atoms with Crippen LogP contribution in [-0.4, -0.2) is 4.98 Å². The highest BCUT2D eigenvalue weighted by molar-refractivity contribution is 5.72. The van der Waals surface area contributed by atoms with E-state index >= 15 is 0 Å². The maximum atomic E-state index is 4.57. The molecule has 1 aromatic carbocycles. The Morgan fingerprint density at radius 2 is 1.88 bits per heavy atom. The average molecular weight is 209 g/mol. The van der Waals surface area contributed by atoms with E-state index in [-0.39, 0.29) is 0 Å². The summed E-state index contributed by atoms with van der Waals surface area (Å²) in [5, 5.41) is 0. The molecule has 0 unspecified atom stereocenters. The third kappa shape index (κ3) is 2.03. The molecular weight excluding hydrogens is 194 g/mol. The molecule has 0 fully saturated rings. The summed E-state index contributed by atoms with van der Waals surface area (Å²) in [6.45, 7) is 7.95. The van der Waals surface area contributed by atoms with Gasteiger partial charge in [0.25, 0.3) is 0 Å². The van der Waals surface area contributed by atoms with E-state index in [9.17, 15) is 0 Å². The largest absolute Gasteiger partial charge is 0.253 e. The van der Waals surface area contributed by atoms with Crippen LogP contribution in [0.4, 0.5) is 0 Å². The first-order valence-corrected chi connectivity index (χ1v) is 5.38. The number of pyridine rings is 1. The second kappa shape index (κ2) is 4.31. The van der Waals surface area contributed by atoms with Crippen molar-refractivity contribution in [3.63, 3.8) is 0 Å². The first kappa shape index (κ1) is 10.6. The molecule has 16 heavy (non-hydrogen) atoms. The molecule has 1 aromatic heterocycles. The van der Waals surface area contributed by atoms with Crippen LogP contribution in [0.5, 0.6) is 0 Å². The minimum atomic E-state index is 1.02. The van der Waals surface area contributed by atoms with Gasteiger partial charge < -0.3 is 0 Å². The minimum absolute atomic E-state index is 1.02. The highest BCUT2D eigenvalue weighted by Gasteiger charge is 2.04. The molecular formula is C15H15N. The molecule has 0 aliphatic heterocycles. The summed E-state index contributed by atoms with van der Waals surface area (Å²) in [4.78, 5) is 4.57. The van der Waals surface area contributed by atoms with Crippen LogP contribution in [0.2, 0.25) is 0 Å². The van der Waals surface area contributed by atoms with E-state index in [4.69, 9.17) is 0 Å². The van der Waals surface area contributed by atoms with Gasteiger partial charge in [-0.05, 0) is 37.1 Å². The van der Waals surface area contributed by atoms with Gasteiger partial charge in [0.05, 0.1) is 5.69 Å². The quantitative estimate of drug-likeness (QED) is 0.728. The van der Waals surface area contributed by atoms with Gasteiger partial charge in [0, 0.05) is 11.3 Å². The molecule has 0 N–H and O–H groups in total. The summed E-state index contributed by atoms with van der Waals surface area (Å²) < 4.78 is 0. The highest BCUT2D eigenvalue weighted by atomic mass is 14.7. The van der Waals surface area contributed by atoms with E-state index in [1.54, 1.807) is 0 Å². The molecule has 1 nitrogen and oxygen atoms in total. The molecule has 0 aliphatic carbocycles. The van der Waals surface area contributed by atoms with E-state index in [0.717, 1.165) is 22.5 Å². The standard InChI is InChI=1S/C15H15N/c1-4-13-7-5-6-8-14(13)15-10-11(2)9-12(3)16-15/h4-10H,1H2,2-3H3. The van der Waals surface area contributed by atoms with E-state index in [1.807, 2.05) is 25.1 Å². The van der Waals surface area contributed by atoms with Crippen LogP contribution < -0.4 is 0 Å². The van der Waals surface area contributed by atoms with Crippen molar-refractivity contribution in [1.29, 1.82) is 0 Å². The molecule has 2 rings (SSSR count). The van der Waals surface area contributed by atoms with Crippen LogP contribution in [0.3, 0.4) is 0 Å². The third-order valence-electron chi connectivity index (χ3n) is 2.55. The van der Waals surface area contributed by atoms with E-state index < -0.39 is 0 Å². The number of aryl methyl sites for hydroxylation is 2. The Hall–Kier alpha value is -1.89. The second-order valence-electron chi connectivity index (χ2n) is 3.96.